The summed E-state index contributed by atoms with van der Waals surface area (Å²) < 4.78 is 0. The molecule has 0 spiro atoms. The molecule has 0 saturated carbocycles. The molecule has 6 nitrogen and oxygen atoms in total. The van der Waals surface area contributed by atoms with E-state index in [0.29, 0.717) is 0 Å². The number of rotatable bonds is 2. The summed E-state index contributed by atoms with van der Waals surface area (Å²) in [4.78, 5) is 15.1. The third-order valence-corrected chi connectivity index (χ3v) is 2.03. The van der Waals surface area contributed by atoms with Gasteiger partial charge in [0.2, 0.25) is 5.82 Å². The number of aromatic amines is 1. The third-order valence-electron chi connectivity index (χ3n) is 2.03. The first kappa shape index (κ1) is 8.18. The van der Waals surface area contributed by atoms with Crippen LogP contribution >= 0.6 is 0 Å². The van der Waals surface area contributed by atoms with Gasteiger partial charge in [0, 0.05) is 12.6 Å². The van der Waals surface area contributed by atoms with Crippen molar-refractivity contribution in [1.29, 1.82) is 0 Å². The summed E-state index contributed by atoms with van der Waals surface area (Å²) in [5.74, 6) is 0.0816. The maximum absolute atomic E-state index is 11.4. The van der Waals surface area contributed by atoms with Crippen molar-refractivity contribution in [3.05, 3.63) is 12.2 Å². The summed E-state index contributed by atoms with van der Waals surface area (Å²) in [6.45, 7) is 1.79. The van der Waals surface area contributed by atoms with Crippen LogP contribution in [0.15, 0.2) is 6.33 Å². The molecule has 3 N–H and O–H groups in total. The molecule has 0 bridgehead atoms. The minimum atomic E-state index is -0.189. The second-order valence-corrected chi connectivity index (χ2v) is 3.00. The van der Waals surface area contributed by atoms with E-state index in [-0.39, 0.29) is 17.8 Å². The van der Waals surface area contributed by atoms with Gasteiger partial charge < -0.3 is 10.6 Å². The molecular weight excluding hydrogens is 170 g/mol. The first-order valence-electron chi connectivity index (χ1n) is 4.23. The second kappa shape index (κ2) is 3.53. The van der Waals surface area contributed by atoms with Gasteiger partial charge in [0.25, 0.3) is 5.91 Å². The molecule has 13 heavy (non-hydrogen) atoms. The third kappa shape index (κ3) is 1.83. The fraction of sp³-hybridized carbons (Fsp3) is 0.571. The van der Waals surface area contributed by atoms with Crippen molar-refractivity contribution >= 4 is 5.91 Å². The molecule has 0 unspecified atom stereocenters. The normalized spacial score (nSPS) is 21.7. The monoisotopic (exact) mass is 181 g/mol. The van der Waals surface area contributed by atoms with Gasteiger partial charge >= 0.3 is 0 Å². The van der Waals surface area contributed by atoms with Crippen LogP contribution in [0.1, 0.15) is 17.0 Å². The molecule has 0 aliphatic carbocycles. The largest absolute Gasteiger partial charge is 0.345 e. The van der Waals surface area contributed by atoms with Crippen molar-refractivity contribution < 1.29 is 4.79 Å². The van der Waals surface area contributed by atoms with Crippen LogP contribution in [-0.4, -0.2) is 40.2 Å². The highest BCUT2D eigenvalue weighted by atomic mass is 16.2. The minimum absolute atomic E-state index is 0.189. The summed E-state index contributed by atoms with van der Waals surface area (Å²) in [7, 11) is 0. The maximum atomic E-state index is 11.4. The quantitative estimate of drug-likeness (QED) is 0.540. The van der Waals surface area contributed by atoms with E-state index in [1.807, 2.05) is 0 Å². The number of hydrogen-bond donors (Lipinski definition) is 3. The van der Waals surface area contributed by atoms with E-state index < -0.39 is 0 Å². The molecule has 1 aliphatic rings. The van der Waals surface area contributed by atoms with Crippen LogP contribution in [0, 0.1) is 0 Å². The van der Waals surface area contributed by atoms with Crippen LogP contribution < -0.4 is 10.6 Å². The molecule has 1 atom stereocenters. The molecule has 2 heterocycles. The molecule has 1 aromatic rings. The van der Waals surface area contributed by atoms with Gasteiger partial charge in [-0.3, -0.25) is 9.89 Å². The Morgan fingerprint density at radius 1 is 1.69 bits per heavy atom. The van der Waals surface area contributed by atoms with Crippen LogP contribution in [0.2, 0.25) is 0 Å². The van der Waals surface area contributed by atoms with E-state index in [1.54, 1.807) is 0 Å². The Morgan fingerprint density at radius 3 is 3.23 bits per heavy atom. The Morgan fingerprint density at radius 2 is 2.62 bits per heavy atom. The molecule has 1 aromatic heterocycles. The highest BCUT2D eigenvalue weighted by molar-refractivity contribution is 5.90. The molecule has 1 saturated heterocycles. The number of hydrogen-bond acceptors (Lipinski definition) is 4. The predicted octanol–water partition coefficient (Wildman–Crippen LogP) is -1.10. The highest BCUT2D eigenvalue weighted by Gasteiger charge is 2.18. The van der Waals surface area contributed by atoms with Crippen molar-refractivity contribution in [2.24, 2.45) is 0 Å². The molecule has 70 valence electrons. The molecule has 0 aromatic carbocycles. The Balaban J connectivity index is 1.91. The van der Waals surface area contributed by atoms with E-state index in [9.17, 15) is 4.79 Å². The Kier molecular flexibility index (Phi) is 2.22. The minimum Gasteiger partial charge on any atom is -0.345 e. The zero-order valence-corrected chi connectivity index (χ0v) is 7.08. The lowest BCUT2D eigenvalue weighted by atomic mass is 10.2. The first-order valence-corrected chi connectivity index (χ1v) is 4.23. The Labute approximate surface area is 75.1 Å². The molecule has 0 radical (unpaired) electrons. The van der Waals surface area contributed by atoms with Crippen LogP contribution in [0.5, 0.6) is 0 Å². The van der Waals surface area contributed by atoms with Gasteiger partial charge in [-0.15, -0.1) is 0 Å². The van der Waals surface area contributed by atoms with Gasteiger partial charge in [-0.05, 0) is 13.0 Å². The van der Waals surface area contributed by atoms with Crippen molar-refractivity contribution in [1.82, 2.24) is 25.8 Å². The lowest BCUT2D eigenvalue weighted by Gasteiger charge is -2.08. The topological polar surface area (TPSA) is 82.7 Å². The van der Waals surface area contributed by atoms with Gasteiger partial charge in [-0.25, -0.2) is 4.98 Å². The van der Waals surface area contributed by atoms with Gasteiger partial charge in [-0.1, -0.05) is 0 Å². The molecule has 2 rings (SSSR count). The van der Waals surface area contributed by atoms with E-state index in [4.69, 9.17) is 0 Å². The van der Waals surface area contributed by atoms with Gasteiger partial charge in [0.05, 0.1) is 0 Å². The number of carbonyl (C=O) groups is 1. The Bertz CT molecular complexity index is 277. The molecule has 1 amide bonds. The molecule has 1 fully saturated rings. The summed E-state index contributed by atoms with van der Waals surface area (Å²) in [6, 6.07) is 0.220. The van der Waals surface area contributed by atoms with Crippen molar-refractivity contribution in [3.63, 3.8) is 0 Å². The van der Waals surface area contributed by atoms with Crippen LogP contribution in [0.4, 0.5) is 0 Å². The number of amides is 1. The Hall–Kier alpha value is -1.43. The van der Waals surface area contributed by atoms with Crippen molar-refractivity contribution in [3.8, 4) is 0 Å². The van der Waals surface area contributed by atoms with Crippen molar-refractivity contribution in [2.45, 2.75) is 12.5 Å². The number of nitrogens with zero attached hydrogens (tertiary/aromatic N) is 2. The standard InChI is InChI=1S/C7H11N5O/c13-7(6-9-4-10-12-6)11-5-1-2-8-3-5/h4-5,8H,1-3H2,(H,11,13)(H,9,10,12)/t5-/m1/s1. The zero-order chi connectivity index (χ0) is 9.10. The summed E-state index contributed by atoms with van der Waals surface area (Å²) >= 11 is 0. The molecule has 1 aliphatic heterocycles. The average Bonchev–Trinajstić information content (AvgIpc) is 2.74. The van der Waals surface area contributed by atoms with Crippen LogP contribution in [-0.2, 0) is 0 Å². The van der Waals surface area contributed by atoms with E-state index >= 15 is 0 Å². The van der Waals surface area contributed by atoms with Crippen molar-refractivity contribution in [2.75, 3.05) is 13.1 Å². The highest BCUT2D eigenvalue weighted by Crippen LogP contribution is 1.98. The summed E-state index contributed by atoms with van der Waals surface area (Å²) in [6.07, 6.45) is 2.29. The van der Waals surface area contributed by atoms with E-state index in [0.717, 1.165) is 19.5 Å². The van der Waals surface area contributed by atoms with Crippen LogP contribution in [0.25, 0.3) is 0 Å². The smallest absolute Gasteiger partial charge is 0.288 e. The number of carbonyl (C=O) groups excluding carboxylic acids is 1. The fourth-order valence-electron chi connectivity index (χ4n) is 1.35. The van der Waals surface area contributed by atoms with Gasteiger partial charge in [-0.2, -0.15) is 5.10 Å². The van der Waals surface area contributed by atoms with Crippen LogP contribution in [0.3, 0.4) is 0 Å². The molecule has 6 heteroatoms. The summed E-state index contributed by atoms with van der Waals surface area (Å²) in [5, 5.41) is 12.1. The second-order valence-electron chi connectivity index (χ2n) is 3.00. The summed E-state index contributed by atoms with van der Waals surface area (Å²) in [5.41, 5.74) is 0. The number of H-pyrrole nitrogens is 1. The predicted molar refractivity (Wildman–Crippen MR) is 45.1 cm³/mol. The fourth-order valence-corrected chi connectivity index (χ4v) is 1.35. The average molecular weight is 181 g/mol. The van der Waals surface area contributed by atoms with Gasteiger partial charge in [0.15, 0.2) is 0 Å². The van der Waals surface area contributed by atoms with E-state index in [2.05, 4.69) is 25.8 Å². The lowest BCUT2D eigenvalue weighted by Crippen LogP contribution is -2.36. The SMILES string of the molecule is O=C(N[C@@H]1CCNC1)c1ncn[nH]1. The maximum Gasteiger partial charge on any atom is 0.288 e. The lowest BCUT2D eigenvalue weighted by molar-refractivity contribution is 0.0930. The van der Waals surface area contributed by atoms with Gasteiger partial charge in [0.1, 0.15) is 6.33 Å². The zero-order valence-electron chi connectivity index (χ0n) is 7.08. The molecular formula is C7H11N5O. The number of nitrogens with one attached hydrogen (secondary N) is 3. The van der Waals surface area contributed by atoms with E-state index in [1.165, 1.54) is 6.33 Å². The number of aromatic nitrogens is 3. The first-order chi connectivity index (χ1) is 6.36.